The number of ketones is 1. The van der Waals surface area contributed by atoms with Crippen molar-refractivity contribution >= 4 is 33.6 Å². The van der Waals surface area contributed by atoms with E-state index < -0.39 is 21.9 Å². The number of likely N-dealkylation sites (N-methyl/N-ethyl adjacent to an activating group) is 1. The first kappa shape index (κ1) is 19.6. The number of carbonyl (C=O) groups excluding carboxylic acids is 2. The Kier molecular flexibility index (Phi) is 5.16. The van der Waals surface area contributed by atoms with Crippen molar-refractivity contribution < 1.29 is 22.3 Å². The maximum absolute atomic E-state index is 12.9. The minimum atomic E-state index is -4.13. The third-order valence-electron chi connectivity index (χ3n) is 4.67. The van der Waals surface area contributed by atoms with Crippen LogP contribution < -0.4 is 0 Å². The number of hydroxylamine groups is 2. The van der Waals surface area contributed by atoms with Gasteiger partial charge in [0.25, 0.3) is 5.91 Å². The summed E-state index contributed by atoms with van der Waals surface area (Å²) in [5.74, 6) is -1.19. The number of allylic oxidation sites excluding steroid dienone is 1. The van der Waals surface area contributed by atoms with Gasteiger partial charge < -0.3 is 0 Å². The van der Waals surface area contributed by atoms with E-state index in [0.717, 1.165) is 4.90 Å². The normalized spacial score (nSPS) is 20.4. The Morgan fingerprint density at radius 2 is 1.76 bits per heavy atom. The van der Waals surface area contributed by atoms with Crippen molar-refractivity contribution in [3.63, 3.8) is 0 Å². The lowest BCUT2D eigenvalue weighted by Gasteiger charge is -2.30. The Morgan fingerprint density at radius 3 is 2.52 bits per heavy atom. The predicted molar refractivity (Wildman–Crippen MR) is 109 cm³/mol. The van der Waals surface area contributed by atoms with E-state index in [9.17, 15) is 18.0 Å². The fourth-order valence-corrected chi connectivity index (χ4v) is 5.42. The van der Waals surface area contributed by atoms with Gasteiger partial charge in [0.15, 0.2) is 5.78 Å². The van der Waals surface area contributed by atoms with Gasteiger partial charge in [-0.2, -0.15) is 8.42 Å². The number of Topliss-reactive ketones (excluding diaryl/α,β-unsaturated/α-hetero) is 1. The third kappa shape index (κ3) is 3.78. The van der Waals surface area contributed by atoms with Crippen LogP contribution in [0.1, 0.15) is 10.4 Å². The molecule has 1 aliphatic carbocycles. The minimum Gasteiger partial charge on any atom is -0.293 e. The Labute approximate surface area is 172 Å². The Balaban J connectivity index is 1.54. The van der Waals surface area contributed by atoms with Crippen molar-refractivity contribution in [3.05, 3.63) is 84.0 Å². The molecule has 0 saturated heterocycles. The number of amides is 1. The Bertz CT molecular complexity index is 1140. The highest BCUT2D eigenvalue weighted by molar-refractivity contribution is 8.00. The summed E-state index contributed by atoms with van der Waals surface area (Å²) >= 11 is 1.57. The molecule has 0 aromatic heterocycles. The third-order valence-corrected chi connectivity index (χ3v) is 7.27. The van der Waals surface area contributed by atoms with Gasteiger partial charge in [-0.15, -0.1) is 16.0 Å². The lowest BCUT2D eigenvalue weighted by Crippen LogP contribution is -2.34. The van der Waals surface area contributed by atoms with Crippen LogP contribution in [0.15, 0.2) is 88.2 Å². The van der Waals surface area contributed by atoms with Crippen molar-refractivity contribution in [1.82, 2.24) is 5.06 Å². The molecule has 2 aromatic rings. The Morgan fingerprint density at radius 1 is 1.07 bits per heavy atom. The molecule has 0 radical (unpaired) electrons. The van der Waals surface area contributed by atoms with Crippen molar-refractivity contribution in [2.24, 2.45) is 5.92 Å². The quantitative estimate of drug-likeness (QED) is 0.697. The predicted octanol–water partition coefficient (Wildman–Crippen LogP) is 3.23. The van der Waals surface area contributed by atoms with Gasteiger partial charge in [0.2, 0.25) is 0 Å². The van der Waals surface area contributed by atoms with Crippen LogP contribution in [0.4, 0.5) is 0 Å². The standard InChI is InChI=1S/C21H17NO5S2/c1-22(27-29(25,26)15-7-3-2-4-8-15)21(24)14-11-12-19-17(13-14)20(23)16-9-5-6-10-18(16)28-19/h2-13,17,19H,1H3. The molecule has 0 saturated carbocycles. The molecule has 4 rings (SSSR count). The molecule has 0 fully saturated rings. The highest BCUT2D eigenvalue weighted by Crippen LogP contribution is 2.41. The van der Waals surface area contributed by atoms with Gasteiger partial charge in [-0.1, -0.05) is 54.6 Å². The second kappa shape index (κ2) is 7.62. The van der Waals surface area contributed by atoms with E-state index in [4.69, 9.17) is 4.28 Å². The molecule has 2 atom stereocenters. The highest BCUT2D eigenvalue weighted by atomic mass is 32.2. The zero-order valence-corrected chi connectivity index (χ0v) is 17.0. The number of hydrogen-bond donors (Lipinski definition) is 0. The van der Waals surface area contributed by atoms with E-state index in [1.54, 1.807) is 54.3 Å². The average molecular weight is 428 g/mol. The zero-order chi connectivity index (χ0) is 20.6. The zero-order valence-electron chi connectivity index (χ0n) is 15.4. The van der Waals surface area contributed by atoms with Gasteiger partial charge in [-0.05, 0) is 18.2 Å². The fraction of sp³-hybridized carbons (Fsp3) is 0.143. The first-order chi connectivity index (χ1) is 13.9. The average Bonchev–Trinajstić information content (AvgIpc) is 2.73. The molecule has 2 unspecified atom stereocenters. The summed E-state index contributed by atoms with van der Waals surface area (Å²) in [5.41, 5.74) is 0.846. The summed E-state index contributed by atoms with van der Waals surface area (Å²) in [6.07, 6.45) is 5.00. The summed E-state index contributed by atoms with van der Waals surface area (Å²) in [4.78, 5) is 26.5. The van der Waals surface area contributed by atoms with Crippen LogP contribution in [0.25, 0.3) is 0 Å². The van der Waals surface area contributed by atoms with Crippen molar-refractivity contribution in [3.8, 4) is 0 Å². The maximum atomic E-state index is 12.9. The highest BCUT2D eigenvalue weighted by Gasteiger charge is 2.36. The minimum absolute atomic E-state index is 0.0525. The summed E-state index contributed by atoms with van der Waals surface area (Å²) in [7, 11) is -2.90. The molecule has 2 aliphatic rings. The number of benzene rings is 2. The number of thioether (sulfide) groups is 1. The number of rotatable bonds is 4. The topological polar surface area (TPSA) is 80.8 Å². The molecule has 0 spiro atoms. The molecule has 1 amide bonds. The second-order valence-electron chi connectivity index (χ2n) is 6.59. The number of nitrogens with zero attached hydrogens (tertiary/aromatic N) is 1. The van der Waals surface area contributed by atoms with Crippen LogP contribution in [0, 0.1) is 5.92 Å². The largest absolute Gasteiger partial charge is 0.317 e. The summed E-state index contributed by atoms with van der Waals surface area (Å²) in [5, 5.41) is 0.570. The van der Waals surface area contributed by atoms with E-state index in [1.807, 2.05) is 18.2 Å². The monoisotopic (exact) mass is 427 g/mol. The first-order valence-corrected chi connectivity index (χ1v) is 11.1. The van der Waals surface area contributed by atoms with Crippen molar-refractivity contribution in [1.29, 1.82) is 0 Å². The number of fused-ring (bicyclic) bond motifs is 2. The van der Waals surface area contributed by atoms with Gasteiger partial charge in [-0.25, -0.2) is 5.06 Å². The molecule has 0 bridgehead atoms. The van der Waals surface area contributed by atoms with Crippen molar-refractivity contribution in [2.75, 3.05) is 7.05 Å². The van der Waals surface area contributed by atoms with E-state index in [2.05, 4.69) is 0 Å². The van der Waals surface area contributed by atoms with Crippen LogP contribution in [0.2, 0.25) is 0 Å². The smallest absolute Gasteiger partial charge is 0.293 e. The van der Waals surface area contributed by atoms with Crippen LogP contribution in [-0.2, 0) is 19.2 Å². The van der Waals surface area contributed by atoms with E-state index in [-0.39, 0.29) is 21.5 Å². The molecule has 8 heteroatoms. The number of hydrogen-bond acceptors (Lipinski definition) is 6. The van der Waals surface area contributed by atoms with Gasteiger partial charge in [0.1, 0.15) is 0 Å². The maximum Gasteiger partial charge on any atom is 0.317 e. The molecular weight excluding hydrogens is 410 g/mol. The molecular formula is C21H17NO5S2. The van der Waals surface area contributed by atoms with Crippen molar-refractivity contribution in [2.45, 2.75) is 15.0 Å². The summed E-state index contributed by atoms with van der Waals surface area (Å²) in [6.45, 7) is 0. The van der Waals surface area contributed by atoms with Crippen LogP contribution >= 0.6 is 11.8 Å². The lowest BCUT2D eigenvalue weighted by molar-refractivity contribution is -0.146. The van der Waals surface area contributed by atoms with Gasteiger partial charge in [-0.3, -0.25) is 9.59 Å². The molecule has 2 aromatic carbocycles. The molecule has 0 N–H and O–H groups in total. The lowest BCUT2D eigenvalue weighted by atomic mass is 9.88. The number of carbonyl (C=O) groups is 2. The first-order valence-electron chi connectivity index (χ1n) is 8.84. The summed E-state index contributed by atoms with van der Waals surface area (Å²) < 4.78 is 29.6. The molecule has 29 heavy (non-hydrogen) atoms. The van der Waals surface area contributed by atoms with Gasteiger partial charge >= 0.3 is 10.1 Å². The van der Waals surface area contributed by atoms with E-state index in [1.165, 1.54) is 19.2 Å². The fourth-order valence-electron chi connectivity index (χ4n) is 3.23. The van der Waals surface area contributed by atoms with Gasteiger partial charge in [0, 0.05) is 28.3 Å². The van der Waals surface area contributed by atoms with E-state index in [0.29, 0.717) is 10.6 Å². The SMILES string of the molecule is CN(OS(=O)(=O)c1ccccc1)C(=O)C1=CC2C(=O)c3ccccc3SC2C=C1. The molecule has 6 nitrogen and oxygen atoms in total. The van der Waals surface area contributed by atoms with Crippen LogP contribution in [0.3, 0.4) is 0 Å². The summed E-state index contributed by atoms with van der Waals surface area (Å²) in [6, 6.07) is 14.9. The molecule has 148 valence electrons. The Hall–Kier alpha value is -2.68. The molecule has 1 aliphatic heterocycles. The van der Waals surface area contributed by atoms with Crippen LogP contribution in [0.5, 0.6) is 0 Å². The second-order valence-corrected chi connectivity index (χ2v) is 9.34. The van der Waals surface area contributed by atoms with Crippen LogP contribution in [-0.4, -0.2) is 37.5 Å². The van der Waals surface area contributed by atoms with Gasteiger partial charge in [0.05, 0.1) is 10.8 Å². The molecule has 1 heterocycles. The van der Waals surface area contributed by atoms with E-state index >= 15 is 0 Å².